The van der Waals surface area contributed by atoms with Crippen molar-refractivity contribution in [2.24, 2.45) is 7.05 Å². The van der Waals surface area contributed by atoms with Gasteiger partial charge in [-0.2, -0.15) is 5.10 Å². The summed E-state index contributed by atoms with van der Waals surface area (Å²) in [6, 6.07) is 1.77. The van der Waals surface area contributed by atoms with Crippen LogP contribution in [-0.4, -0.2) is 20.0 Å². The number of rotatable bonds is 1. The topological polar surface area (TPSA) is 56.7 Å². The lowest BCUT2D eigenvalue weighted by Crippen LogP contribution is -1.92. The van der Waals surface area contributed by atoms with Crippen LogP contribution in [0.3, 0.4) is 0 Å². The average Bonchev–Trinajstić information content (AvgIpc) is 2.58. The summed E-state index contributed by atoms with van der Waals surface area (Å²) in [5.74, 6) is 0.375. The van der Waals surface area contributed by atoms with Crippen molar-refractivity contribution in [1.82, 2.24) is 20.0 Å². The predicted molar refractivity (Wildman–Crippen MR) is 41.5 cm³/mol. The fraction of sp³-hybridized carbons (Fsp3) is 0.167. The first-order chi connectivity index (χ1) is 5.77. The smallest absolute Gasteiger partial charge is 0.313 e. The summed E-state index contributed by atoms with van der Waals surface area (Å²) in [6.45, 7) is 0. The third-order valence-corrected chi connectivity index (χ3v) is 1.59. The van der Waals surface area contributed by atoms with Crippen LogP contribution in [0.15, 0.2) is 16.7 Å². The Morgan fingerprint density at radius 3 is 2.83 bits per heavy atom. The highest BCUT2D eigenvalue weighted by atomic mass is 35.5. The second-order valence-electron chi connectivity index (χ2n) is 2.20. The molecule has 0 aliphatic heterocycles. The van der Waals surface area contributed by atoms with Gasteiger partial charge in [-0.05, 0) is 17.7 Å². The molecule has 0 atom stereocenters. The highest BCUT2D eigenvalue weighted by Gasteiger charge is 2.09. The van der Waals surface area contributed by atoms with Crippen LogP contribution in [0.2, 0.25) is 5.35 Å². The Kier molecular flexibility index (Phi) is 1.58. The van der Waals surface area contributed by atoms with E-state index in [1.54, 1.807) is 24.0 Å². The largest absolute Gasteiger partial charge is 0.406 e. The molecule has 0 saturated heterocycles. The lowest BCUT2D eigenvalue weighted by molar-refractivity contribution is 0.562. The summed E-state index contributed by atoms with van der Waals surface area (Å²) in [4.78, 5) is 0. The first-order valence-electron chi connectivity index (χ1n) is 3.25. The number of aryl methyl sites for hydroxylation is 1. The van der Waals surface area contributed by atoms with E-state index >= 15 is 0 Å². The summed E-state index contributed by atoms with van der Waals surface area (Å²) >= 11 is 5.46. The van der Waals surface area contributed by atoms with Gasteiger partial charge in [0.05, 0.1) is 0 Å². The molecule has 5 nitrogen and oxygen atoms in total. The zero-order valence-corrected chi connectivity index (χ0v) is 6.99. The second-order valence-corrected chi connectivity index (χ2v) is 2.52. The molecule has 2 aromatic heterocycles. The van der Waals surface area contributed by atoms with Gasteiger partial charge >= 0.3 is 5.35 Å². The quantitative estimate of drug-likeness (QED) is 0.667. The lowest BCUT2D eigenvalue weighted by atomic mass is 10.4. The summed E-state index contributed by atoms with van der Waals surface area (Å²) in [6.07, 6.45) is 1.65. The van der Waals surface area contributed by atoms with Crippen LogP contribution in [0.4, 0.5) is 0 Å². The van der Waals surface area contributed by atoms with Crippen molar-refractivity contribution in [2.75, 3.05) is 0 Å². The van der Waals surface area contributed by atoms with E-state index in [2.05, 4.69) is 15.3 Å². The predicted octanol–water partition coefficient (Wildman–Crippen LogP) is 1.12. The van der Waals surface area contributed by atoms with Gasteiger partial charge in [0, 0.05) is 13.2 Å². The maximum absolute atomic E-state index is 5.46. The van der Waals surface area contributed by atoms with Crippen LogP contribution < -0.4 is 0 Å². The molecule has 0 aliphatic carbocycles. The normalized spacial score (nSPS) is 10.5. The van der Waals surface area contributed by atoms with E-state index in [1.807, 2.05) is 0 Å². The summed E-state index contributed by atoms with van der Waals surface area (Å²) in [5, 5.41) is 11.2. The van der Waals surface area contributed by atoms with Crippen LogP contribution >= 0.6 is 11.6 Å². The summed E-state index contributed by atoms with van der Waals surface area (Å²) in [5.41, 5.74) is 0.745. The minimum atomic E-state index is 0.0335. The first kappa shape index (κ1) is 7.30. The number of hydrogen-bond acceptors (Lipinski definition) is 4. The van der Waals surface area contributed by atoms with E-state index in [1.165, 1.54) is 0 Å². The molecule has 0 N–H and O–H groups in total. The molecular formula is C6H5ClN4O. The van der Waals surface area contributed by atoms with Crippen molar-refractivity contribution in [3.63, 3.8) is 0 Å². The van der Waals surface area contributed by atoms with Crippen LogP contribution in [-0.2, 0) is 7.05 Å². The second kappa shape index (κ2) is 2.60. The maximum atomic E-state index is 5.46. The number of nitrogens with zero attached hydrogens (tertiary/aromatic N) is 4. The van der Waals surface area contributed by atoms with Crippen molar-refractivity contribution >= 4 is 11.6 Å². The van der Waals surface area contributed by atoms with Crippen molar-refractivity contribution in [3.8, 4) is 11.6 Å². The minimum Gasteiger partial charge on any atom is -0.406 e. The van der Waals surface area contributed by atoms with Gasteiger partial charge < -0.3 is 4.42 Å². The molecule has 0 amide bonds. The van der Waals surface area contributed by atoms with E-state index in [-0.39, 0.29) is 5.35 Å². The maximum Gasteiger partial charge on any atom is 0.313 e. The molecule has 2 rings (SSSR count). The molecular weight excluding hydrogens is 180 g/mol. The van der Waals surface area contributed by atoms with E-state index in [9.17, 15) is 0 Å². The Labute approximate surface area is 73.0 Å². The van der Waals surface area contributed by atoms with Gasteiger partial charge in [0.25, 0.3) is 5.89 Å². The Morgan fingerprint density at radius 1 is 1.50 bits per heavy atom. The van der Waals surface area contributed by atoms with E-state index in [4.69, 9.17) is 16.0 Å². The van der Waals surface area contributed by atoms with E-state index in [0.717, 1.165) is 5.69 Å². The van der Waals surface area contributed by atoms with Crippen LogP contribution in [0.25, 0.3) is 11.6 Å². The summed E-state index contributed by atoms with van der Waals surface area (Å²) < 4.78 is 6.62. The Bertz CT molecular complexity index is 394. The number of aromatic nitrogens is 4. The van der Waals surface area contributed by atoms with Crippen molar-refractivity contribution in [2.45, 2.75) is 0 Å². The highest BCUT2D eigenvalue weighted by molar-refractivity contribution is 6.27. The highest BCUT2D eigenvalue weighted by Crippen LogP contribution is 2.17. The van der Waals surface area contributed by atoms with Crippen molar-refractivity contribution in [3.05, 3.63) is 17.6 Å². The fourth-order valence-electron chi connectivity index (χ4n) is 0.893. The van der Waals surface area contributed by atoms with Gasteiger partial charge in [0.2, 0.25) is 0 Å². The molecule has 0 unspecified atom stereocenters. The molecule has 12 heavy (non-hydrogen) atoms. The van der Waals surface area contributed by atoms with Gasteiger partial charge in [-0.3, -0.25) is 4.68 Å². The Morgan fingerprint density at radius 2 is 2.33 bits per heavy atom. The first-order valence-corrected chi connectivity index (χ1v) is 3.62. The molecule has 0 aromatic carbocycles. The average molecular weight is 185 g/mol. The number of hydrogen-bond donors (Lipinski definition) is 0. The molecule has 2 heterocycles. The third kappa shape index (κ3) is 1.08. The molecule has 0 aliphatic rings. The number of halogens is 1. The van der Waals surface area contributed by atoms with Crippen molar-refractivity contribution < 1.29 is 4.42 Å². The third-order valence-electron chi connectivity index (χ3n) is 1.44. The molecule has 0 saturated carbocycles. The van der Waals surface area contributed by atoms with Gasteiger partial charge in [0.15, 0.2) is 0 Å². The van der Waals surface area contributed by atoms with Crippen LogP contribution in [0, 0.1) is 0 Å². The molecule has 6 heteroatoms. The zero-order valence-electron chi connectivity index (χ0n) is 6.23. The molecule has 0 radical (unpaired) electrons. The SMILES string of the molecule is Cn1nccc1-c1nnc(Cl)o1. The van der Waals surface area contributed by atoms with Gasteiger partial charge in [-0.15, -0.1) is 5.10 Å². The van der Waals surface area contributed by atoms with Crippen LogP contribution in [0.5, 0.6) is 0 Å². The van der Waals surface area contributed by atoms with Gasteiger partial charge in [0.1, 0.15) is 5.69 Å². The molecule has 62 valence electrons. The van der Waals surface area contributed by atoms with E-state index < -0.39 is 0 Å². The molecule has 0 spiro atoms. The monoisotopic (exact) mass is 184 g/mol. The van der Waals surface area contributed by atoms with Gasteiger partial charge in [-0.1, -0.05) is 5.10 Å². The van der Waals surface area contributed by atoms with Crippen LogP contribution in [0.1, 0.15) is 0 Å². The zero-order chi connectivity index (χ0) is 8.55. The minimum absolute atomic E-state index is 0.0335. The lowest BCUT2D eigenvalue weighted by Gasteiger charge is -1.92. The Balaban J connectivity index is 2.50. The fourth-order valence-corrected chi connectivity index (χ4v) is 1.00. The van der Waals surface area contributed by atoms with Gasteiger partial charge in [-0.25, -0.2) is 0 Å². The molecule has 0 fully saturated rings. The van der Waals surface area contributed by atoms with E-state index in [0.29, 0.717) is 5.89 Å². The molecule has 0 bridgehead atoms. The van der Waals surface area contributed by atoms with Crippen molar-refractivity contribution in [1.29, 1.82) is 0 Å². The molecule has 2 aromatic rings. The Hall–Kier alpha value is -1.36. The standard InChI is InChI=1S/C6H5ClN4O/c1-11-4(2-3-8-11)5-9-10-6(7)12-5/h2-3H,1H3. The summed E-state index contributed by atoms with van der Waals surface area (Å²) in [7, 11) is 1.79.